The van der Waals surface area contributed by atoms with Gasteiger partial charge in [-0.1, -0.05) is 46.7 Å². The van der Waals surface area contributed by atoms with E-state index in [0.717, 1.165) is 35.2 Å². The van der Waals surface area contributed by atoms with Crippen LogP contribution in [0, 0.1) is 6.92 Å². The predicted octanol–water partition coefficient (Wildman–Crippen LogP) is 5.08. The van der Waals surface area contributed by atoms with E-state index in [9.17, 15) is 4.79 Å². The smallest absolute Gasteiger partial charge is 0.260 e. The molecule has 134 valence electrons. The minimum Gasteiger partial charge on any atom is -0.376 e. The van der Waals surface area contributed by atoms with Gasteiger partial charge in [0.2, 0.25) is 0 Å². The summed E-state index contributed by atoms with van der Waals surface area (Å²) in [6.45, 7) is 3.24. The summed E-state index contributed by atoms with van der Waals surface area (Å²) in [5.41, 5.74) is 2.46. The van der Waals surface area contributed by atoms with Crippen molar-refractivity contribution in [1.29, 1.82) is 0 Å². The molecule has 0 radical (unpaired) electrons. The summed E-state index contributed by atoms with van der Waals surface area (Å²) in [7, 11) is 0. The van der Waals surface area contributed by atoms with Crippen LogP contribution in [0.25, 0.3) is 10.2 Å². The summed E-state index contributed by atoms with van der Waals surface area (Å²) in [4.78, 5) is 19.7. The van der Waals surface area contributed by atoms with Gasteiger partial charge in [-0.05, 0) is 44.0 Å². The van der Waals surface area contributed by atoms with Gasteiger partial charge in [0.1, 0.15) is 5.52 Å². The van der Waals surface area contributed by atoms with Crippen molar-refractivity contribution >= 4 is 44.2 Å². The van der Waals surface area contributed by atoms with Crippen LogP contribution in [-0.2, 0) is 4.74 Å². The Morgan fingerprint density at radius 2 is 2.19 bits per heavy atom. The van der Waals surface area contributed by atoms with Gasteiger partial charge in [0.25, 0.3) is 5.91 Å². The van der Waals surface area contributed by atoms with Crippen LogP contribution in [0.1, 0.15) is 28.8 Å². The second-order valence-electron chi connectivity index (χ2n) is 6.50. The predicted molar refractivity (Wildman–Crippen MR) is 106 cm³/mol. The highest BCUT2D eigenvalue weighted by atomic mass is 35.5. The van der Waals surface area contributed by atoms with Gasteiger partial charge < -0.3 is 4.74 Å². The van der Waals surface area contributed by atoms with Crippen molar-refractivity contribution in [2.45, 2.75) is 25.9 Å². The lowest BCUT2D eigenvalue weighted by molar-refractivity contribution is 0.0917. The molecule has 0 aliphatic carbocycles. The van der Waals surface area contributed by atoms with E-state index < -0.39 is 0 Å². The number of hydrogen-bond acceptors (Lipinski definition) is 4. The number of amides is 1. The fourth-order valence-corrected chi connectivity index (χ4v) is 4.47. The molecule has 2 heterocycles. The quantitative estimate of drug-likeness (QED) is 0.627. The van der Waals surface area contributed by atoms with Crippen molar-refractivity contribution < 1.29 is 9.53 Å². The Morgan fingerprint density at radius 3 is 2.92 bits per heavy atom. The molecule has 1 fully saturated rings. The first-order valence-electron chi connectivity index (χ1n) is 8.67. The van der Waals surface area contributed by atoms with Gasteiger partial charge >= 0.3 is 0 Å². The number of ether oxygens (including phenoxy) is 1. The van der Waals surface area contributed by atoms with Crippen LogP contribution >= 0.6 is 22.9 Å². The number of aryl methyl sites for hydroxylation is 1. The molecular formula is C20H19ClN2O2S. The summed E-state index contributed by atoms with van der Waals surface area (Å²) < 4.78 is 6.74. The van der Waals surface area contributed by atoms with Gasteiger partial charge in [0.15, 0.2) is 5.13 Å². The Labute approximate surface area is 161 Å². The van der Waals surface area contributed by atoms with E-state index in [-0.39, 0.29) is 12.0 Å². The third-order valence-electron chi connectivity index (χ3n) is 4.51. The zero-order valence-electron chi connectivity index (χ0n) is 14.4. The molecule has 0 saturated carbocycles. The average Bonchev–Trinajstić information content (AvgIpc) is 3.29. The third kappa shape index (κ3) is 3.47. The number of fused-ring (bicyclic) bond motifs is 1. The summed E-state index contributed by atoms with van der Waals surface area (Å²) in [6, 6.07) is 13.3. The molecule has 4 nitrogen and oxygen atoms in total. The molecule has 1 atom stereocenters. The number of benzene rings is 2. The fourth-order valence-electron chi connectivity index (χ4n) is 3.19. The SMILES string of the molecule is Cc1cccc(C(=O)N(CC2CCCO2)c2nc3c(Cl)cccc3s2)c1. The molecule has 1 aromatic heterocycles. The van der Waals surface area contributed by atoms with Crippen LogP contribution in [0.3, 0.4) is 0 Å². The van der Waals surface area contributed by atoms with Crippen molar-refractivity contribution in [3.63, 3.8) is 0 Å². The molecule has 3 aromatic rings. The van der Waals surface area contributed by atoms with E-state index >= 15 is 0 Å². The van der Waals surface area contributed by atoms with E-state index in [2.05, 4.69) is 4.98 Å². The Balaban J connectivity index is 1.73. The molecule has 26 heavy (non-hydrogen) atoms. The van der Waals surface area contributed by atoms with E-state index in [1.54, 1.807) is 4.90 Å². The maximum Gasteiger partial charge on any atom is 0.260 e. The van der Waals surface area contributed by atoms with Gasteiger partial charge in [0, 0.05) is 12.2 Å². The van der Waals surface area contributed by atoms with Crippen LogP contribution in [-0.4, -0.2) is 30.1 Å². The van der Waals surface area contributed by atoms with Crippen molar-refractivity contribution in [3.05, 3.63) is 58.6 Å². The van der Waals surface area contributed by atoms with Crippen LogP contribution < -0.4 is 4.90 Å². The number of para-hydroxylation sites is 1. The standard InChI is InChI=1S/C20H19ClN2O2S/c1-13-5-2-6-14(11-13)19(24)23(12-15-7-4-10-25-15)20-22-18-16(21)8-3-9-17(18)26-20/h2-3,5-6,8-9,11,15H,4,7,10,12H2,1H3. The summed E-state index contributed by atoms with van der Waals surface area (Å²) in [6.07, 6.45) is 2.04. The maximum atomic E-state index is 13.3. The molecule has 2 aromatic carbocycles. The molecule has 1 saturated heterocycles. The highest BCUT2D eigenvalue weighted by molar-refractivity contribution is 7.22. The van der Waals surface area contributed by atoms with E-state index in [1.165, 1.54) is 11.3 Å². The van der Waals surface area contributed by atoms with Crippen LogP contribution in [0.2, 0.25) is 5.02 Å². The Morgan fingerprint density at radius 1 is 1.35 bits per heavy atom. The summed E-state index contributed by atoms with van der Waals surface area (Å²) in [5, 5.41) is 1.26. The molecule has 0 spiro atoms. The largest absolute Gasteiger partial charge is 0.376 e. The van der Waals surface area contributed by atoms with Crippen molar-refractivity contribution in [2.24, 2.45) is 0 Å². The van der Waals surface area contributed by atoms with Gasteiger partial charge in [-0.3, -0.25) is 9.69 Å². The van der Waals surface area contributed by atoms with Gasteiger partial charge in [-0.15, -0.1) is 0 Å². The second kappa shape index (κ2) is 7.35. The number of hydrogen-bond donors (Lipinski definition) is 0. The molecule has 4 rings (SSSR count). The molecule has 1 amide bonds. The number of nitrogens with zero attached hydrogens (tertiary/aromatic N) is 2. The highest BCUT2D eigenvalue weighted by Gasteiger charge is 2.27. The maximum absolute atomic E-state index is 13.3. The number of carbonyl (C=O) groups excluding carboxylic acids is 1. The van der Waals surface area contributed by atoms with Crippen LogP contribution in [0.15, 0.2) is 42.5 Å². The first-order valence-corrected chi connectivity index (χ1v) is 9.86. The number of carbonyl (C=O) groups is 1. The van der Waals surface area contributed by atoms with Gasteiger partial charge in [-0.25, -0.2) is 4.98 Å². The first kappa shape index (κ1) is 17.5. The Hall–Kier alpha value is -1.95. The Kier molecular flexibility index (Phi) is 4.94. The lowest BCUT2D eigenvalue weighted by Gasteiger charge is -2.23. The summed E-state index contributed by atoms with van der Waals surface area (Å²) >= 11 is 7.76. The number of aromatic nitrogens is 1. The minimum absolute atomic E-state index is 0.0474. The third-order valence-corrected chi connectivity index (χ3v) is 5.86. The van der Waals surface area contributed by atoms with E-state index in [1.807, 2.05) is 49.4 Å². The highest BCUT2D eigenvalue weighted by Crippen LogP contribution is 2.34. The minimum atomic E-state index is -0.0561. The monoisotopic (exact) mass is 386 g/mol. The van der Waals surface area contributed by atoms with Gasteiger partial charge in [-0.2, -0.15) is 0 Å². The zero-order valence-corrected chi connectivity index (χ0v) is 16.0. The zero-order chi connectivity index (χ0) is 18.1. The second-order valence-corrected chi connectivity index (χ2v) is 7.92. The molecular weight excluding hydrogens is 368 g/mol. The molecule has 1 unspecified atom stereocenters. The molecule has 6 heteroatoms. The number of halogens is 1. The first-order chi connectivity index (χ1) is 12.6. The van der Waals surface area contributed by atoms with Crippen LogP contribution in [0.4, 0.5) is 5.13 Å². The lowest BCUT2D eigenvalue weighted by atomic mass is 10.1. The lowest BCUT2D eigenvalue weighted by Crippen LogP contribution is -2.37. The number of rotatable bonds is 4. The molecule has 0 N–H and O–H groups in total. The summed E-state index contributed by atoms with van der Waals surface area (Å²) in [5.74, 6) is -0.0561. The van der Waals surface area contributed by atoms with E-state index in [0.29, 0.717) is 22.3 Å². The topological polar surface area (TPSA) is 42.4 Å². The number of thiazole rings is 1. The number of anilines is 1. The van der Waals surface area contributed by atoms with Crippen molar-refractivity contribution in [3.8, 4) is 0 Å². The average molecular weight is 387 g/mol. The van der Waals surface area contributed by atoms with Crippen molar-refractivity contribution in [1.82, 2.24) is 4.98 Å². The van der Waals surface area contributed by atoms with Crippen molar-refractivity contribution in [2.75, 3.05) is 18.1 Å². The van der Waals surface area contributed by atoms with Gasteiger partial charge in [0.05, 0.1) is 22.4 Å². The normalized spacial score (nSPS) is 16.9. The van der Waals surface area contributed by atoms with E-state index in [4.69, 9.17) is 16.3 Å². The molecule has 1 aliphatic heterocycles. The Bertz CT molecular complexity index is 950. The molecule has 1 aliphatic rings. The fraction of sp³-hybridized carbons (Fsp3) is 0.300. The van der Waals surface area contributed by atoms with Crippen LogP contribution in [0.5, 0.6) is 0 Å². The molecule has 0 bridgehead atoms.